The molecule has 0 aliphatic carbocycles. The summed E-state index contributed by atoms with van der Waals surface area (Å²) in [4.78, 5) is 23.3. The Bertz CT molecular complexity index is 812. The number of nitriles is 1. The molecular weight excluding hydrogens is 379 g/mol. The van der Waals surface area contributed by atoms with Gasteiger partial charge in [-0.3, -0.25) is 4.79 Å². The molecule has 0 radical (unpaired) electrons. The highest BCUT2D eigenvalue weighted by molar-refractivity contribution is 6.37. The molecule has 1 amide bonds. The quantitative estimate of drug-likeness (QED) is 0.566. The number of carbonyl (C=O) groups is 2. The summed E-state index contributed by atoms with van der Waals surface area (Å²) >= 11 is 11.9. The number of nitrogens with zero attached hydrogens (tertiary/aromatic N) is 1. The van der Waals surface area contributed by atoms with Gasteiger partial charge < -0.3 is 14.8 Å². The first-order valence-electron chi connectivity index (χ1n) is 7.52. The highest BCUT2D eigenvalue weighted by atomic mass is 35.5. The number of hydrogen-bond donors (Lipinski definition) is 1. The van der Waals surface area contributed by atoms with Gasteiger partial charge in [-0.25, -0.2) is 4.79 Å². The van der Waals surface area contributed by atoms with Crippen LogP contribution in [0, 0.1) is 11.3 Å². The molecule has 0 aliphatic heterocycles. The lowest BCUT2D eigenvalue weighted by molar-refractivity contribution is -0.115. The molecule has 2 aromatic carbocycles. The number of halogens is 2. The van der Waals surface area contributed by atoms with Gasteiger partial charge in [0, 0.05) is 5.69 Å². The third kappa shape index (κ3) is 5.66. The van der Waals surface area contributed by atoms with Crippen LogP contribution in [0.4, 0.5) is 5.69 Å². The first-order chi connectivity index (χ1) is 12.5. The summed E-state index contributed by atoms with van der Waals surface area (Å²) < 4.78 is 10.5. The van der Waals surface area contributed by atoms with E-state index in [0.29, 0.717) is 27.0 Å². The molecule has 0 bridgehead atoms. The number of ether oxygens (including phenoxy) is 2. The smallest absolute Gasteiger partial charge is 0.338 e. The Balaban J connectivity index is 1.81. The van der Waals surface area contributed by atoms with Crippen LogP contribution in [0.25, 0.3) is 0 Å². The van der Waals surface area contributed by atoms with Crippen LogP contribution < -0.4 is 10.1 Å². The lowest BCUT2D eigenvalue weighted by atomic mass is 10.2. The van der Waals surface area contributed by atoms with E-state index in [1.54, 1.807) is 36.4 Å². The molecule has 0 saturated heterocycles. The zero-order valence-electron chi connectivity index (χ0n) is 13.5. The average Bonchev–Trinajstić information content (AvgIpc) is 2.61. The number of para-hydroxylation sites is 1. The monoisotopic (exact) mass is 392 g/mol. The Morgan fingerprint density at radius 3 is 2.31 bits per heavy atom. The molecule has 0 atom stereocenters. The summed E-state index contributed by atoms with van der Waals surface area (Å²) in [7, 11) is 0. The molecule has 8 heteroatoms. The van der Waals surface area contributed by atoms with Crippen molar-refractivity contribution in [2.24, 2.45) is 0 Å². The predicted octanol–water partition coefficient (Wildman–Crippen LogP) is 4.08. The van der Waals surface area contributed by atoms with E-state index in [-0.39, 0.29) is 19.6 Å². The van der Waals surface area contributed by atoms with Gasteiger partial charge in [0.25, 0.3) is 0 Å². The largest absolute Gasteiger partial charge is 0.487 e. The lowest BCUT2D eigenvalue weighted by Crippen LogP contribution is -2.13. The fourth-order valence-corrected chi connectivity index (χ4v) is 2.46. The zero-order valence-corrected chi connectivity index (χ0v) is 15.0. The zero-order chi connectivity index (χ0) is 18.9. The van der Waals surface area contributed by atoms with Crippen LogP contribution >= 0.6 is 23.2 Å². The molecule has 134 valence electrons. The topological polar surface area (TPSA) is 88.4 Å². The van der Waals surface area contributed by atoms with E-state index in [4.69, 9.17) is 37.9 Å². The Morgan fingerprint density at radius 2 is 1.69 bits per heavy atom. The number of esters is 1. The molecule has 26 heavy (non-hydrogen) atoms. The molecule has 6 nitrogen and oxygen atoms in total. The SMILES string of the molecule is N#CCC(=O)Nc1ccc(C(=O)OCCOc2c(Cl)cccc2Cl)cc1. The number of amides is 1. The van der Waals surface area contributed by atoms with Gasteiger partial charge in [-0.2, -0.15) is 5.26 Å². The Morgan fingerprint density at radius 1 is 1.04 bits per heavy atom. The van der Waals surface area contributed by atoms with Crippen molar-refractivity contribution in [1.82, 2.24) is 0 Å². The van der Waals surface area contributed by atoms with Crippen LogP contribution in [-0.4, -0.2) is 25.1 Å². The van der Waals surface area contributed by atoms with Crippen LogP contribution in [0.3, 0.4) is 0 Å². The number of anilines is 1. The summed E-state index contributed by atoms with van der Waals surface area (Å²) in [5, 5.41) is 11.7. The fraction of sp³-hybridized carbons (Fsp3) is 0.167. The van der Waals surface area contributed by atoms with Crippen molar-refractivity contribution >= 4 is 40.8 Å². The molecular formula is C18H14Cl2N2O4. The number of hydrogen-bond acceptors (Lipinski definition) is 5. The van der Waals surface area contributed by atoms with E-state index in [1.807, 2.05) is 0 Å². The van der Waals surface area contributed by atoms with Crippen molar-refractivity contribution in [1.29, 1.82) is 5.26 Å². The molecule has 1 N–H and O–H groups in total. The summed E-state index contributed by atoms with van der Waals surface area (Å²) in [6.07, 6.45) is -0.237. The van der Waals surface area contributed by atoms with Gasteiger partial charge >= 0.3 is 5.97 Å². The second-order valence-electron chi connectivity index (χ2n) is 5.00. The second kappa shape index (κ2) is 9.66. The van der Waals surface area contributed by atoms with Crippen LogP contribution in [-0.2, 0) is 9.53 Å². The highest BCUT2D eigenvalue weighted by Gasteiger charge is 2.10. The molecule has 2 rings (SSSR count). The van der Waals surface area contributed by atoms with Gasteiger partial charge in [0.15, 0.2) is 5.75 Å². The van der Waals surface area contributed by atoms with Crippen LogP contribution in [0.5, 0.6) is 5.75 Å². The summed E-state index contributed by atoms with van der Waals surface area (Å²) in [5.74, 6) is -0.615. The molecule has 2 aromatic rings. The minimum Gasteiger partial charge on any atom is -0.487 e. The van der Waals surface area contributed by atoms with Crippen LogP contribution in [0.1, 0.15) is 16.8 Å². The maximum atomic E-state index is 12.0. The van der Waals surface area contributed by atoms with Crippen LogP contribution in [0.15, 0.2) is 42.5 Å². The standard InChI is InChI=1S/C18H14Cl2N2O4/c19-14-2-1-3-15(20)17(14)25-10-11-26-18(24)12-4-6-13(7-5-12)22-16(23)8-9-21/h1-7H,8,10-11H2,(H,22,23). The third-order valence-corrected chi connectivity index (χ3v) is 3.72. The molecule has 0 heterocycles. The normalized spacial score (nSPS) is 9.88. The van der Waals surface area contributed by atoms with Gasteiger partial charge in [-0.1, -0.05) is 29.3 Å². The van der Waals surface area contributed by atoms with Crippen molar-refractivity contribution in [3.63, 3.8) is 0 Å². The Hall–Kier alpha value is -2.75. The molecule has 0 spiro atoms. The van der Waals surface area contributed by atoms with Crippen molar-refractivity contribution in [3.8, 4) is 11.8 Å². The number of rotatable bonds is 7. The van der Waals surface area contributed by atoms with Crippen molar-refractivity contribution in [2.45, 2.75) is 6.42 Å². The van der Waals surface area contributed by atoms with E-state index >= 15 is 0 Å². The van der Waals surface area contributed by atoms with E-state index < -0.39 is 11.9 Å². The van der Waals surface area contributed by atoms with Crippen LogP contribution in [0.2, 0.25) is 10.0 Å². The van der Waals surface area contributed by atoms with Gasteiger partial charge in [-0.15, -0.1) is 0 Å². The van der Waals surface area contributed by atoms with Gasteiger partial charge in [0.1, 0.15) is 19.6 Å². The maximum Gasteiger partial charge on any atom is 0.338 e. The van der Waals surface area contributed by atoms with E-state index in [2.05, 4.69) is 5.32 Å². The van der Waals surface area contributed by atoms with Gasteiger partial charge in [0.2, 0.25) is 5.91 Å². The molecule has 0 aromatic heterocycles. The van der Waals surface area contributed by atoms with Crippen molar-refractivity contribution in [3.05, 3.63) is 58.1 Å². The van der Waals surface area contributed by atoms with Gasteiger partial charge in [-0.05, 0) is 36.4 Å². The van der Waals surface area contributed by atoms with E-state index in [9.17, 15) is 9.59 Å². The van der Waals surface area contributed by atoms with E-state index in [1.165, 1.54) is 12.1 Å². The number of nitrogens with one attached hydrogen (secondary N) is 1. The van der Waals surface area contributed by atoms with Crippen molar-refractivity contribution in [2.75, 3.05) is 18.5 Å². The summed E-state index contributed by atoms with van der Waals surface area (Å²) in [5.41, 5.74) is 0.803. The fourth-order valence-electron chi connectivity index (χ4n) is 1.95. The average molecular weight is 393 g/mol. The summed E-state index contributed by atoms with van der Waals surface area (Å²) in [6.45, 7) is 0.110. The van der Waals surface area contributed by atoms with Crippen molar-refractivity contribution < 1.29 is 19.1 Å². The Labute approximate surface area is 160 Å². The molecule has 0 saturated carbocycles. The first-order valence-corrected chi connectivity index (χ1v) is 8.27. The minimum atomic E-state index is -0.534. The minimum absolute atomic E-state index is 0.0149. The van der Waals surface area contributed by atoms with Gasteiger partial charge in [0.05, 0.1) is 21.7 Å². The lowest BCUT2D eigenvalue weighted by Gasteiger charge is -2.10. The number of carbonyl (C=O) groups excluding carboxylic acids is 2. The first kappa shape index (κ1) is 19.6. The van der Waals surface area contributed by atoms with E-state index in [0.717, 1.165) is 0 Å². The molecule has 0 fully saturated rings. The maximum absolute atomic E-state index is 12.0. The molecule has 0 aliphatic rings. The molecule has 0 unspecified atom stereocenters. The highest BCUT2D eigenvalue weighted by Crippen LogP contribution is 2.32. The third-order valence-electron chi connectivity index (χ3n) is 3.13. The second-order valence-corrected chi connectivity index (χ2v) is 5.81. The Kier molecular flexibility index (Phi) is 7.27. The number of benzene rings is 2. The predicted molar refractivity (Wildman–Crippen MR) is 97.5 cm³/mol. The summed E-state index contributed by atoms with van der Waals surface area (Å²) in [6, 6.07) is 12.9.